The van der Waals surface area contributed by atoms with Gasteiger partial charge in [0.05, 0.1) is 19.1 Å². The van der Waals surface area contributed by atoms with Gasteiger partial charge in [-0.25, -0.2) is 0 Å². The molecule has 3 heteroatoms. The Labute approximate surface area is 112 Å². The van der Waals surface area contributed by atoms with E-state index in [9.17, 15) is 0 Å². The number of carboxylic acids is 1. The molecule has 0 aliphatic heterocycles. The topological polar surface area (TPSA) is 44.6 Å². The van der Waals surface area contributed by atoms with Crippen LogP contribution < -0.4 is 10.0 Å². The third-order valence-electron chi connectivity index (χ3n) is 4.50. The molecular weight excluding hydrogens is 226 g/mol. The molecule has 0 amide bonds. The van der Waals surface area contributed by atoms with Crippen LogP contribution in [0.5, 0.6) is 0 Å². The minimum atomic E-state index is -1.08. The molecule has 0 atom stereocenters. The van der Waals surface area contributed by atoms with Crippen molar-refractivity contribution in [3.8, 4) is 0 Å². The Morgan fingerprint density at radius 1 is 0.889 bits per heavy atom. The zero-order valence-corrected chi connectivity index (χ0v) is 12.0. The lowest BCUT2D eigenvalue weighted by Crippen LogP contribution is -3.16. The van der Waals surface area contributed by atoms with Crippen molar-refractivity contribution in [1.29, 1.82) is 0 Å². The lowest BCUT2D eigenvalue weighted by atomic mass is 9.89. The summed E-state index contributed by atoms with van der Waals surface area (Å²) in [7, 11) is 2.46. The van der Waals surface area contributed by atoms with E-state index in [1.807, 2.05) is 4.90 Å². The highest BCUT2D eigenvalue weighted by Crippen LogP contribution is 2.19. The molecule has 0 spiro atoms. The van der Waals surface area contributed by atoms with Crippen molar-refractivity contribution in [2.75, 3.05) is 7.05 Å². The van der Waals surface area contributed by atoms with Gasteiger partial charge in [0.25, 0.3) is 0 Å². The van der Waals surface area contributed by atoms with E-state index in [-0.39, 0.29) is 0 Å². The predicted octanol–water partition coefficient (Wildman–Crippen LogP) is 0.923. The van der Waals surface area contributed by atoms with Gasteiger partial charge >= 0.3 is 0 Å². The molecule has 0 bridgehead atoms. The molecule has 0 heterocycles. The van der Waals surface area contributed by atoms with Crippen LogP contribution in [0, 0.1) is 0 Å². The molecule has 0 aromatic heterocycles. The summed E-state index contributed by atoms with van der Waals surface area (Å²) in [5.41, 5.74) is 0. The molecule has 2 rings (SSSR count). The average molecular weight is 255 g/mol. The van der Waals surface area contributed by atoms with Crippen molar-refractivity contribution in [2.45, 2.75) is 83.2 Å². The number of quaternary nitrogens is 1. The Balaban J connectivity index is 0.000000357. The summed E-state index contributed by atoms with van der Waals surface area (Å²) in [6.07, 6.45) is 15.0. The van der Waals surface area contributed by atoms with Crippen molar-refractivity contribution in [3.63, 3.8) is 0 Å². The fourth-order valence-electron chi connectivity index (χ4n) is 3.45. The Morgan fingerprint density at radius 3 is 1.44 bits per heavy atom. The number of hydrogen-bond donors (Lipinski definition) is 1. The van der Waals surface area contributed by atoms with E-state index >= 15 is 0 Å². The van der Waals surface area contributed by atoms with E-state index in [2.05, 4.69) is 7.05 Å². The van der Waals surface area contributed by atoms with E-state index < -0.39 is 5.97 Å². The Bertz CT molecular complexity index is 209. The molecule has 2 aliphatic rings. The molecule has 1 N–H and O–H groups in total. The van der Waals surface area contributed by atoms with E-state index in [0.717, 1.165) is 19.0 Å². The number of nitrogens with one attached hydrogen (secondary N) is 1. The van der Waals surface area contributed by atoms with E-state index in [4.69, 9.17) is 9.90 Å². The van der Waals surface area contributed by atoms with Gasteiger partial charge in [0.15, 0.2) is 0 Å². The van der Waals surface area contributed by atoms with Crippen molar-refractivity contribution < 1.29 is 14.8 Å². The Hall–Kier alpha value is -0.570. The summed E-state index contributed by atoms with van der Waals surface area (Å²) in [4.78, 5) is 10.8. The smallest absolute Gasteiger partial charge is 0.0874 e. The summed E-state index contributed by atoms with van der Waals surface area (Å²) in [6, 6.07) is 2.01. The van der Waals surface area contributed by atoms with Gasteiger partial charge < -0.3 is 14.8 Å². The monoisotopic (exact) mass is 255 g/mol. The summed E-state index contributed by atoms with van der Waals surface area (Å²) in [5, 5.41) is 8.89. The van der Waals surface area contributed by atoms with Crippen LogP contribution in [-0.4, -0.2) is 25.1 Å². The summed E-state index contributed by atoms with van der Waals surface area (Å²) in [5.74, 6) is -1.08. The third-order valence-corrected chi connectivity index (χ3v) is 4.50. The number of hydrogen-bond acceptors (Lipinski definition) is 2. The van der Waals surface area contributed by atoms with Gasteiger partial charge in [-0.1, -0.05) is 12.8 Å². The molecule has 0 saturated heterocycles. The zero-order chi connectivity index (χ0) is 13.4. The standard InChI is InChI=1S/C13H25N.C2H4O2/c1-14(12-8-4-2-5-9-12)13-10-6-3-7-11-13;1-2(3)4/h12-13H,2-11H2,1H3;1H3,(H,3,4). The summed E-state index contributed by atoms with van der Waals surface area (Å²) >= 11 is 0. The SMILES string of the molecule is CC(=O)[O-].C[NH+](C1CCCCC1)C1CCCCC1. The molecule has 2 saturated carbocycles. The van der Waals surface area contributed by atoms with Gasteiger partial charge in [0.1, 0.15) is 0 Å². The van der Waals surface area contributed by atoms with Gasteiger partial charge in [-0.15, -0.1) is 0 Å². The summed E-state index contributed by atoms with van der Waals surface area (Å²) < 4.78 is 0. The molecule has 2 fully saturated rings. The van der Waals surface area contributed by atoms with Crippen LogP contribution in [0.25, 0.3) is 0 Å². The Morgan fingerprint density at radius 2 is 1.17 bits per heavy atom. The largest absolute Gasteiger partial charge is 0.550 e. The van der Waals surface area contributed by atoms with Gasteiger partial charge in [-0.05, 0) is 58.3 Å². The number of carboxylic acid groups (broad SMARTS) is 1. The van der Waals surface area contributed by atoms with Gasteiger partial charge in [0.2, 0.25) is 0 Å². The van der Waals surface area contributed by atoms with Crippen LogP contribution in [0.3, 0.4) is 0 Å². The summed E-state index contributed by atoms with van der Waals surface area (Å²) in [6.45, 7) is 0.972. The minimum Gasteiger partial charge on any atom is -0.550 e. The van der Waals surface area contributed by atoms with Gasteiger partial charge in [-0.3, -0.25) is 0 Å². The highest BCUT2D eigenvalue weighted by molar-refractivity contribution is 5.60. The maximum atomic E-state index is 8.89. The van der Waals surface area contributed by atoms with Crippen molar-refractivity contribution in [1.82, 2.24) is 0 Å². The first-order valence-corrected chi connectivity index (χ1v) is 7.62. The lowest BCUT2D eigenvalue weighted by molar-refractivity contribution is -0.933. The van der Waals surface area contributed by atoms with Crippen molar-refractivity contribution in [3.05, 3.63) is 0 Å². The predicted molar refractivity (Wildman–Crippen MR) is 71.3 cm³/mol. The number of carbonyl (C=O) groups excluding carboxylic acids is 1. The normalized spacial score (nSPS) is 22.4. The maximum Gasteiger partial charge on any atom is 0.0874 e. The molecule has 18 heavy (non-hydrogen) atoms. The highest BCUT2D eigenvalue weighted by atomic mass is 16.4. The number of rotatable bonds is 2. The van der Waals surface area contributed by atoms with Crippen molar-refractivity contribution >= 4 is 5.97 Å². The van der Waals surface area contributed by atoms with Crippen LogP contribution in [0.4, 0.5) is 0 Å². The second-order valence-electron chi connectivity index (χ2n) is 5.91. The van der Waals surface area contributed by atoms with Crippen LogP contribution >= 0.6 is 0 Å². The maximum absolute atomic E-state index is 8.89. The third kappa shape index (κ3) is 5.85. The Kier molecular flexibility index (Phi) is 7.33. The first-order valence-electron chi connectivity index (χ1n) is 7.62. The van der Waals surface area contributed by atoms with Crippen LogP contribution in [0.1, 0.15) is 71.1 Å². The van der Waals surface area contributed by atoms with Crippen LogP contribution in [0.15, 0.2) is 0 Å². The van der Waals surface area contributed by atoms with E-state index in [0.29, 0.717) is 0 Å². The van der Waals surface area contributed by atoms with E-state index in [1.165, 1.54) is 64.2 Å². The number of aliphatic carboxylic acids is 1. The molecule has 106 valence electrons. The molecule has 3 nitrogen and oxygen atoms in total. The quantitative estimate of drug-likeness (QED) is 0.797. The van der Waals surface area contributed by atoms with Crippen LogP contribution in [-0.2, 0) is 4.79 Å². The fraction of sp³-hybridized carbons (Fsp3) is 0.933. The zero-order valence-electron chi connectivity index (χ0n) is 12.0. The molecular formula is C15H29NO2. The molecule has 0 radical (unpaired) electrons. The fourth-order valence-corrected chi connectivity index (χ4v) is 3.45. The van der Waals surface area contributed by atoms with Crippen molar-refractivity contribution in [2.24, 2.45) is 0 Å². The van der Waals surface area contributed by atoms with Crippen LogP contribution in [0.2, 0.25) is 0 Å². The second kappa shape index (κ2) is 8.52. The van der Waals surface area contributed by atoms with Gasteiger partial charge in [0, 0.05) is 5.97 Å². The molecule has 0 unspecified atom stereocenters. The van der Waals surface area contributed by atoms with E-state index in [1.54, 1.807) is 0 Å². The average Bonchev–Trinajstić information content (AvgIpc) is 2.39. The van der Waals surface area contributed by atoms with Gasteiger partial charge in [-0.2, -0.15) is 0 Å². The lowest BCUT2D eigenvalue weighted by Gasteiger charge is -2.36. The molecule has 2 aliphatic carbocycles. The second-order valence-corrected chi connectivity index (χ2v) is 5.91. The molecule has 0 aromatic rings. The highest BCUT2D eigenvalue weighted by Gasteiger charge is 2.28. The minimum absolute atomic E-state index is 0.972. The first-order chi connectivity index (χ1) is 8.61. The molecule has 0 aromatic carbocycles. The number of carbonyl (C=O) groups is 1. The first kappa shape index (κ1) is 15.5.